The number of hydrogen-bond donors (Lipinski definition) is 1. The second-order valence-electron chi connectivity index (χ2n) is 4.52. The van der Waals surface area contributed by atoms with Crippen molar-refractivity contribution >= 4 is 5.91 Å². The molecule has 1 unspecified atom stereocenters. The average Bonchev–Trinajstić information content (AvgIpc) is 2.99. The Labute approximate surface area is 112 Å². The zero-order valence-corrected chi connectivity index (χ0v) is 11.5. The summed E-state index contributed by atoms with van der Waals surface area (Å²) >= 11 is 0. The van der Waals surface area contributed by atoms with E-state index in [0.29, 0.717) is 0 Å². The summed E-state index contributed by atoms with van der Waals surface area (Å²) in [5.41, 5.74) is 1.84. The van der Waals surface area contributed by atoms with Gasteiger partial charge in [0.1, 0.15) is 6.54 Å². The smallest absolute Gasteiger partial charge is 0.242 e. The van der Waals surface area contributed by atoms with Crippen LogP contribution in [-0.4, -0.2) is 25.5 Å². The van der Waals surface area contributed by atoms with Crippen molar-refractivity contribution in [2.75, 3.05) is 0 Å². The van der Waals surface area contributed by atoms with Crippen LogP contribution in [0.2, 0.25) is 0 Å². The molecule has 2 rings (SSSR count). The van der Waals surface area contributed by atoms with E-state index in [1.807, 2.05) is 43.8 Å². The molecule has 6 nitrogen and oxygen atoms in total. The zero-order valence-electron chi connectivity index (χ0n) is 11.5. The summed E-state index contributed by atoms with van der Waals surface area (Å²) in [5.74, 6) is -0.0645. The molecule has 0 spiro atoms. The minimum absolute atomic E-state index is 0.0645. The van der Waals surface area contributed by atoms with Gasteiger partial charge in [-0.3, -0.25) is 14.2 Å². The van der Waals surface area contributed by atoms with Crippen LogP contribution in [0.3, 0.4) is 0 Å². The highest BCUT2D eigenvalue weighted by Crippen LogP contribution is 2.09. The molecule has 0 saturated carbocycles. The van der Waals surface area contributed by atoms with Gasteiger partial charge in [-0.05, 0) is 32.9 Å². The molecule has 1 atom stereocenters. The zero-order chi connectivity index (χ0) is 13.8. The quantitative estimate of drug-likeness (QED) is 0.882. The maximum atomic E-state index is 11.9. The molecule has 0 aliphatic heterocycles. The number of rotatable bonds is 5. The monoisotopic (exact) mass is 261 g/mol. The van der Waals surface area contributed by atoms with E-state index in [4.69, 9.17) is 0 Å². The van der Waals surface area contributed by atoms with Crippen molar-refractivity contribution in [3.63, 3.8) is 0 Å². The SMILES string of the molecule is CCn1ccc(C(C)NC(=O)Cn2nccc2C)n1. The summed E-state index contributed by atoms with van der Waals surface area (Å²) in [6, 6.07) is 3.70. The van der Waals surface area contributed by atoms with E-state index >= 15 is 0 Å². The number of amides is 1. The molecule has 2 heterocycles. The number of hydrogen-bond acceptors (Lipinski definition) is 3. The molecular formula is C13H19N5O. The van der Waals surface area contributed by atoms with Crippen LogP contribution in [0.4, 0.5) is 0 Å². The van der Waals surface area contributed by atoms with E-state index in [-0.39, 0.29) is 18.5 Å². The van der Waals surface area contributed by atoms with Gasteiger partial charge in [0.25, 0.3) is 0 Å². The normalized spacial score (nSPS) is 12.4. The molecule has 0 aromatic carbocycles. The molecule has 0 radical (unpaired) electrons. The van der Waals surface area contributed by atoms with Crippen molar-refractivity contribution in [1.82, 2.24) is 24.9 Å². The largest absolute Gasteiger partial charge is 0.346 e. The molecular weight excluding hydrogens is 242 g/mol. The van der Waals surface area contributed by atoms with Crippen molar-refractivity contribution in [3.05, 3.63) is 35.9 Å². The number of carbonyl (C=O) groups is 1. The van der Waals surface area contributed by atoms with Gasteiger partial charge in [0.15, 0.2) is 0 Å². The first-order chi connectivity index (χ1) is 9.10. The van der Waals surface area contributed by atoms with Crippen molar-refractivity contribution < 1.29 is 4.79 Å². The van der Waals surface area contributed by atoms with Crippen molar-refractivity contribution in [1.29, 1.82) is 0 Å². The molecule has 1 N–H and O–H groups in total. The highest BCUT2D eigenvalue weighted by atomic mass is 16.2. The lowest BCUT2D eigenvalue weighted by atomic mass is 10.2. The van der Waals surface area contributed by atoms with E-state index in [2.05, 4.69) is 15.5 Å². The summed E-state index contributed by atoms with van der Waals surface area (Å²) in [6.07, 6.45) is 3.60. The highest BCUT2D eigenvalue weighted by Gasteiger charge is 2.13. The predicted molar refractivity (Wildman–Crippen MR) is 71.4 cm³/mol. The van der Waals surface area contributed by atoms with Gasteiger partial charge in [0.05, 0.1) is 11.7 Å². The molecule has 2 aromatic heterocycles. The van der Waals surface area contributed by atoms with Crippen molar-refractivity contribution in [3.8, 4) is 0 Å². The topological polar surface area (TPSA) is 64.7 Å². The van der Waals surface area contributed by atoms with Gasteiger partial charge >= 0.3 is 0 Å². The van der Waals surface area contributed by atoms with Gasteiger partial charge in [-0.1, -0.05) is 0 Å². The van der Waals surface area contributed by atoms with Crippen LogP contribution in [0.25, 0.3) is 0 Å². The maximum absolute atomic E-state index is 11.9. The Morgan fingerprint density at radius 1 is 1.47 bits per heavy atom. The second kappa shape index (κ2) is 5.69. The summed E-state index contributed by atoms with van der Waals surface area (Å²) in [4.78, 5) is 11.9. The third kappa shape index (κ3) is 3.21. The molecule has 0 saturated heterocycles. The first-order valence-corrected chi connectivity index (χ1v) is 6.41. The fraction of sp³-hybridized carbons (Fsp3) is 0.462. The average molecular weight is 261 g/mol. The Morgan fingerprint density at radius 2 is 2.26 bits per heavy atom. The van der Waals surface area contributed by atoms with E-state index in [9.17, 15) is 4.79 Å². The molecule has 1 amide bonds. The van der Waals surface area contributed by atoms with Gasteiger partial charge in [0.2, 0.25) is 5.91 Å². The lowest BCUT2D eigenvalue weighted by Gasteiger charge is -2.12. The fourth-order valence-corrected chi connectivity index (χ4v) is 1.85. The van der Waals surface area contributed by atoms with Crippen LogP contribution in [0.1, 0.15) is 31.3 Å². The molecule has 0 fully saturated rings. The van der Waals surface area contributed by atoms with E-state index in [1.54, 1.807) is 10.9 Å². The Bertz CT molecular complexity index is 557. The Hall–Kier alpha value is -2.11. The molecule has 19 heavy (non-hydrogen) atoms. The van der Waals surface area contributed by atoms with Crippen LogP contribution < -0.4 is 5.32 Å². The predicted octanol–water partition coefficient (Wildman–Crippen LogP) is 1.29. The lowest BCUT2D eigenvalue weighted by Crippen LogP contribution is -2.31. The van der Waals surface area contributed by atoms with Gasteiger partial charge in [0, 0.05) is 24.6 Å². The fourth-order valence-electron chi connectivity index (χ4n) is 1.85. The van der Waals surface area contributed by atoms with Gasteiger partial charge in [-0.25, -0.2) is 0 Å². The molecule has 0 aliphatic rings. The Morgan fingerprint density at radius 3 is 2.84 bits per heavy atom. The third-order valence-electron chi connectivity index (χ3n) is 3.03. The standard InChI is InChI=1S/C13H19N5O/c1-4-17-8-6-12(16-17)11(3)15-13(19)9-18-10(2)5-7-14-18/h5-8,11H,4,9H2,1-3H3,(H,15,19). The van der Waals surface area contributed by atoms with Crippen LogP contribution in [0.15, 0.2) is 24.5 Å². The molecule has 102 valence electrons. The van der Waals surface area contributed by atoms with Crippen molar-refractivity contribution in [2.24, 2.45) is 0 Å². The Kier molecular flexibility index (Phi) is 3.99. The van der Waals surface area contributed by atoms with Gasteiger partial charge in [-0.15, -0.1) is 0 Å². The first kappa shape index (κ1) is 13.3. The highest BCUT2D eigenvalue weighted by molar-refractivity contribution is 5.76. The van der Waals surface area contributed by atoms with Crippen LogP contribution in [0, 0.1) is 6.92 Å². The third-order valence-corrected chi connectivity index (χ3v) is 3.03. The molecule has 0 aliphatic carbocycles. The number of carbonyl (C=O) groups excluding carboxylic acids is 1. The van der Waals surface area contributed by atoms with Crippen LogP contribution in [0.5, 0.6) is 0 Å². The van der Waals surface area contributed by atoms with E-state index in [0.717, 1.165) is 17.9 Å². The molecule has 2 aromatic rings. The van der Waals surface area contributed by atoms with Crippen LogP contribution >= 0.6 is 0 Å². The summed E-state index contributed by atoms with van der Waals surface area (Å²) in [5, 5.41) is 11.4. The first-order valence-electron chi connectivity index (χ1n) is 6.41. The van der Waals surface area contributed by atoms with Crippen LogP contribution in [-0.2, 0) is 17.9 Å². The second-order valence-corrected chi connectivity index (χ2v) is 4.52. The Balaban J connectivity index is 1.93. The van der Waals surface area contributed by atoms with Gasteiger partial charge < -0.3 is 5.32 Å². The number of aryl methyl sites for hydroxylation is 2. The summed E-state index contributed by atoms with van der Waals surface area (Å²) in [6.45, 7) is 6.94. The number of nitrogens with one attached hydrogen (secondary N) is 1. The molecule has 0 bridgehead atoms. The minimum Gasteiger partial charge on any atom is -0.346 e. The van der Waals surface area contributed by atoms with Gasteiger partial charge in [-0.2, -0.15) is 10.2 Å². The lowest BCUT2D eigenvalue weighted by molar-refractivity contribution is -0.122. The number of nitrogens with zero attached hydrogens (tertiary/aromatic N) is 4. The van der Waals surface area contributed by atoms with E-state index < -0.39 is 0 Å². The maximum Gasteiger partial charge on any atom is 0.242 e. The molecule has 6 heteroatoms. The van der Waals surface area contributed by atoms with E-state index in [1.165, 1.54) is 0 Å². The van der Waals surface area contributed by atoms with Crippen molar-refractivity contribution in [2.45, 2.75) is 39.9 Å². The summed E-state index contributed by atoms with van der Waals surface area (Å²) < 4.78 is 3.52. The summed E-state index contributed by atoms with van der Waals surface area (Å²) in [7, 11) is 0. The minimum atomic E-state index is -0.101. The number of aromatic nitrogens is 4.